The lowest BCUT2D eigenvalue weighted by Gasteiger charge is -2.16. The molecule has 1 aromatic heterocycles. The number of aromatic nitrogens is 2. The highest BCUT2D eigenvalue weighted by Crippen LogP contribution is 2.21. The summed E-state index contributed by atoms with van der Waals surface area (Å²) >= 11 is 1.35. The Labute approximate surface area is 105 Å². The van der Waals surface area contributed by atoms with Crippen molar-refractivity contribution >= 4 is 11.5 Å². The zero-order chi connectivity index (χ0) is 12.3. The highest BCUT2D eigenvalue weighted by atomic mass is 32.1. The van der Waals surface area contributed by atoms with Crippen molar-refractivity contribution in [3.63, 3.8) is 0 Å². The van der Waals surface area contributed by atoms with Crippen LogP contribution in [-0.2, 0) is 6.42 Å². The maximum absolute atomic E-state index is 5.60. The van der Waals surface area contributed by atoms with Crippen LogP contribution in [0.5, 0.6) is 0 Å². The Balaban J connectivity index is 2.25. The Morgan fingerprint density at radius 2 is 2.06 bits per heavy atom. The maximum atomic E-state index is 5.60. The fraction of sp³-hybridized carbons (Fsp3) is 0.333. The predicted molar refractivity (Wildman–Crippen MR) is 69.6 cm³/mol. The topological polar surface area (TPSA) is 63.8 Å². The predicted octanol–water partition coefficient (Wildman–Crippen LogP) is 1.90. The number of rotatable bonds is 4. The van der Waals surface area contributed by atoms with E-state index in [4.69, 9.17) is 5.84 Å². The molecule has 0 saturated heterocycles. The van der Waals surface area contributed by atoms with Crippen LogP contribution in [0.3, 0.4) is 0 Å². The zero-order valence-corrected chi connectivity index (χ0v) is 10.8. The van der Waals surface area contributed by atoms with Gasteiger partial charge in [0.15, 0.2) is 0 Å². The first-order chi connectivity index (χ1) is 8.22. The number of nitrogens with one attached hydrogen (secondary N) is 1. The van der Waals surface area contributed by atoms with E-state index in [1.165, 1.54) is 28.2 Å². The molecule has 2 aromatic rings. The lowest BCUT2D eigenvalue weighted by Crippen LogP contribution is -2.30. The van der Waals surface area contributed by atoms with E-state index >= 15 is 0 Å². The molecule has 4 nitrogen and oxygen atoms in total. The average molecular weight is 248 g/mol. The second kappa shape index (κ2) is 5.35. The summed E-state index contributed by atoms with van der Waals surface area (Å²) in [5.74, 6) is 5.60. The van der Waals surface area contributed by atoms with Crippen LogP contribution >= 0.6 is 11.5 Å². The molecule has 0 aliphatic heterocycles. The molecule has 1 heterocycles. The molecular formula is C12H16N4S. The molecule has 0 bridgehead atoms. The van der Waals surface area contributed by atoms with Crippen molar-refractivity contribution in [3.8, 4) is 0 Å². The number of hydrogen-bond donors (Lipinski definition) is 2. The Kier molecular flexibility index (Phi) is 3.83. The first-order valence-corrected chi connectivity index (χ1v) is 6.34. The summed E-state index contributed by atoms with van der Waals surface area (Å²) in [6, 6.07) is 6.34. The van der Waals surface area contributed by atoms with Gasteiger partial charge in [0.1, 0.15) is 0 Å². The van der Waals surface area contributed by atoms with Crippen LogP contribution in [0, 0.1) is 13.8 Å². The quantitative estimate of drug-likeness (QED) is 0.641. The van der Waals surface area contributed by atoms with Crippen molar-refractivity contribution in [3.05, 3.63) is 46.0 Å². The minimum Gasteiger partial charge on any atom is -0.271 e. The molecule has 3 N–H and O–H groups in total. The zero-order valence-electron chi connectivity index (χ0n) is 9.97. The fourth-order valence-electron chi connectivity index (χ4n) is 1.95. The lowest BCUT2D eigenvalue weighted by atomic mass is 9.96. The van der Waals surface area contributed by atoms with E-state index in [9.17, 15) is 0 Å². The van der Waals surface area contributed by atoms with Crippen LogP contribution < -0.4 is 11.3 Å². The van der Waals surface area contributed by atoms with Gasteiger partial charge in [-0.15, -0.1) is 5.10 Å². The summed E-state index contributed by atoms with van der Waals surface area (Å²) in [5, 5.41) is 6.00. The van der Waals surface area contributed by atoms with E-state index in [-0.39, 0.29) is 6.04 Å². The van der Waals surface area contributed by atoms with Crippen LogP contribution in [0.25, 0.3) is 0 Å². The first kappa shape index (κ1) is 12.2. The van der Waals surface area contributed by atoms with Crippen molar-refractivity contribution < 1.29 is 0 Å². The largest absolute Gasteiger partial charge is 0.271 e. The minimum absolute atomic E-state index is 0.0218. The fourth-order valence-corrected chi connectivity index (χ4v) is 2.46. The van der Waals surface area contributed by atoms with Crippen molar-refractivity contribution in [2.45, 2.75) is 26.3 Å². The van der Waals surface area contributed by atoms with Crippen molar-refractivity contribution in [1.82, 2.24) is 15.0 Å². The smallest absolute Gasteiger partial charge is 0.0941 e. The number of benzene rings is 1. The molecule has 0 aliphatic rings. The van der Waals surface area contributed by atoms with E-state index in [1.54, 1.807) is 0 Å². The van der Waals surface area contributed by atoms with Gasteiger partial charge >= 0.3 is 0 Å². The van der Waals surface area contributed by atoms with Crippen LogP contribution in [0.15, 0.2) is 23.6 Å². The van der Waals surface area contributed by atoms with Crippen LogP contribution in [0.2, 0.25) is 0 Å². The third-order valence-corrected chi connectivity index (χ3v) is 3.51. The van der Waals surface area contributed by atoms with Gasteiger partial charge in [0, 0.05) is 5.38 Å². The van der Waals surface area contributed by atoms with Gasteiger partial charge in [-0.2, -0.15) is 0 Å². The second-order valence-corrected chi connectivity index (χ2v) is 4.73. The second-order valence-electron chi connectivity index (χ2n) is 4.12. The summed E-state index contributed by atoms with van der Waals surface area (Å²) in [6.45, 7) is 4.24. The van der Waals surface area contributed by atoms with Gasteiger partial charge in [-0.25, -0.2) is 0 Å². The molecular weight excluding hydrogens is 232 g/mol. The summed E-state index contributed by atoms with van der Waals surface area (Å²) in [5.41, 5.74) is 7.61. The standard InChI is InChI=1S/C12H16N4S/c1-8-4-3-5-9(2)10(8)6-11(14-13)12-7-17-16-15-12/h3-5,7,11,14H,6,13H2,1-2H3. The van der Waals surface area contributed by atoms with E-state index in [1.807, 2.05) is 5.38 Å². The third kappa shape index (κ3) is 2.69. The van der Waals surface area contributed by atoms with Gasteiger partial charge in [-0.3, -0.25) is 11.3 Å². The molecule has 1 aromatic carbocycles. The first-order valence-electron chi connectivity index (χ1n) is 5.50. The average Bonchev–Trinajstić information content (AvgIpc) is 2.82. The van der Waals surface area contributed by atoms with Crippen LogP contribution in [0.4, 0.5) is 0 Å². The van der Waals surface area contributed by atoms with E-state index in [0.29, 0.717) is 0 Å². The lowest BCUT2D eigenvalue weighted by molar-refractivity contribution is 0.535. The molecule has 0 spiro atoms. The molecule has 0 aliphatic carbocycles. The Morgan fingerprint density at radius 1 is 1.35 bits per heavy atom. The third-order valence-electron chi connectivity index (χ3n) is 2.99. The van der Waals surface area contributed by atoms with E-state index in [0.717, 1.165) is 12.1 Å². The van der Waals surface area contributed by atoms with Crippen LogP contribution in [0.1, 0.15) is 28.4 Å². The summed E-state index contributed by atoms with van der Waals surface area (Å²) in [4.78, 5) is 0. The number of hydrogen-bond acceptors (Lipinski definition) is 5. The number of hydrazine groups is 1. The molecule has 0 fully saturated rings. The van der Waals surface area contributed by atoms with Crippen LogP contribution in [-0.4, -0.2) is 9.59 Å². The van der Waals surface area contributed by atoms with Crippen molar-refractivity contribution in [1.29, 1.82) is 0 Å². The SMILES string of the molecule is Cc1cccc(C)c1CC(NN)c1csnn1. The van der Waals surface area contributed by atoms with E-state index in [2.05, 4.69) is 47.1 Å². The monoisotopic (exact) mass is 248 g/mol. The number of aryl methyl sites for hydroxylation is 2. The number of nitrogens with two attached hydrogens (primary N) is 1. The van der Waals surface area contributed by atoms with Gasteiger partial charge in [0.2, 0.25) is 0 Å². The van der Waals surface area contributed by atoms with Crippen molar-refractivity contribution in [2.24, 2.45) is 5.84 Å². The molecule has 5 heteroatoms. The van der Waals surface area contributed by atoms with Crippen molar-refractivity contribution in [2.75, 3.05) is 0 Å². The van der Waals surface area contributed by atoms with Gasteiger partial charge < -0.3 is 0 Å². The minimum atomic E-state index is 0.0218. The molecule has 0 saturated carbocycles. The Hall–Kier alpha value is -1.30. The summed E-state index contributed by atoms with van der Waals surface area (Å²) < 4.78 is 3.87. The summed E-state index contributed by atoms with van der Waals surface area (Å²) in [6.07, 6.45) is 0.834. The normalized spacial score (nSPS) is 12.6. The van der Waals surface area contributed by atoms with Gasteiger partial charge in [0.05, 0.1) is 11.7 Å². The van der Waals surface area contributed by atoms with Gasteiger partial charge in [0.25, 0.3) is 0 Å². The van der Waals surface area contributed by atoms with E-state index < -0.39 is 0 Å². The molecule has 90 valence electrons. The molecule has 0 radical (unpaired) electrons. The van der Waals surface area contributed by atoms with Gasteiger partial charge in [-0.1, -0.05) is 22.7 Å². The van der Waals surface area contributed by atoms with Gasteiger partial charge in [-0.05, 0) is 48.5 Å². The number of nitrogens with zero attached hydrogens (tertiary/aromatic N) is 2. The molecule has 1 atom stereocenters. The Morgan fingerprint density at radius 3 is 2.59 bits per heavy atom. The molecule has 2 rings (SSSR count). The highest BCUT2D eigenvalue weighted by Gasteiger charge is 2.15. The highest BCUT2D eigenvalue weighted by molar-refractivity contribution is 7.03. The maximum Gasteiger partial charge on any atom is 0.0941 e. The molecule has 1 unspecified atom stereocenters. The molecule has 17 heavy (non-hydrogen) atoms. The Bertz CT molecular complexity index is 461. The molecule has 0 amide bonds. The summed E-state index contributed by atoms with van der Waals surface area (Å²) in [7, 11) is 0.